The molecule has 6 nitrogen and oxygen atoms in total. The Hall–Kier alpha value is -1.01. The molecule has 1 heterocycles. The smallest absolute Gasteiger partial charge is 0.242 e. The molecule has 0 radical (unpaired) electrons. The predicted molar refractivity (Wildman–Crippen MR) is 50.5 cm³/mol. The summed E-state index contributed by atoms with van der Waals surface area (Å²) in [5, 5.41) is 10.6. The van der Waals surface area contributed by atoms with E-state index in [1.165, 1.54) is 0 Å². The first-order valence-corrected chi connectivity index (χ1v) is 4.59. The third kappa shape index (κ3) is 1.76. The fourth-order valence-corrected chi connectivity index (χ4v) is 1.84. The van der Waals surface area contributed by atoms with Crippen molar-refractivity contribution < 1.29 is 9.72 Å². The molecule has 1 fully saturated rings. The van der Waals surface area contributed by atoms with Gasteiger partial charge in [0, 0.05) is 11.0 Å². The van der Waals surface area contributed by atoms with E-state index in [2.05, 4.69) is 0 Å². The first kappa shape index (κ1) is 11.1. The molecule has 80 valence electrons. The van der Waals surface area contributed by atoms with Gasteiger partial charge >= 0.3 is 0 Å². The van der Waals surface area contributed by atoms with E-state index in [-0.39, 0.29) is 12.6 Å². The van der Waals surface area contributed by atoms with Crippen LogP contribution in [0.3, 0.4) is 0 Å². The van der Waals surface area contributed by atoms with Crippen molar-refractivity contribution in [1.82, 2.24) is 4.90 Å². The number of nitrogens with two attached hydrogens (primary N) is 1. The average Bonchev–Trinajstić information content (AvgIpc) is 2.42. The minimum absolute atomic E-state index is 0.0983. The topological polar surface area (TPSA) is 89.5 Å². The van der Waals surface area contributed by atoms with Crippen LogP contribution in [0.25, 0.3) is 0 Å². The summed E-state index contributed by atoms with van der Waals surface area (Å²) in [6.45, 7) is 4.05. The normalized spacial score (nSPS) is 33.6. The van der Waals surface area contributed by atoms with Gasteiger partial charge in [-0.25, -0.2) is 0 Å². The minimum atomic E-state index is -0.826. The number of hydrogen-bond acceptors (Lipinski definition) is 5. The summed E-state index contributed by atoms with van der Waals surface area (Å²) in [6.07, 6.45) is 0.703. The molecular weight excluding hydrogens is 186 g/mol. The van der Waals surface area contributed by atoms with Crippen LogP contribution in [0.15, 0.2) is 0 Å². The van der Waals surface area contributed by atoms with Crippen LogP contribution in [-0.4, -0.2) is 46.8 Å². The molecule has 1 aliphatic heterocycles. The molecule has 3 unspecified atom stereocenters. The zero-order valence-electron chi connectivity index (χ0n) is 8.29. The molecule has 1 rings (SSSR count). The van der Waals surface area contributed by atoms with Crippen molar-refractivity contribution in [2.24, 2.45) is 5.73 Å². The van der Waals surface area contributed by atoms with Gasteiger partial charge in [-0.1, -0.05) is 0 Å². The molecular formula is C8H15N3O3. The summed E-state index contributed by atoms with van der Waals surface area (Å²) >= 11 is 0. The van der Waals surface area contributed by atoms with Crippen molar-refractivity contribution in [2.45, 2.75) is 38.0 Å². The molecule has 0 aliphatic carbocycles. The van der Waals surface area contributed by atoms with Crippen molar-refractivity contribution in [2.75, 3.05) is 6.54 Å². The van der Waals surface area contributed by atoms with Gasteiger partial charge in [0.05, 0.1) is 18.6 Å². The van der Waals surface area contributed by atoms with E-state index in [0.717, 1.165) is 0 Å². The molecule has 0 aromatic carbocycles. The molecule has 0 amide bonds. The third-order valence-corrected chi connectivity index (χ3v) is 2.69. The summed E-state index contributed by atoms with van der Waals surface area (Å²) in [5.41, 5.74) is 5.65. The first-order chi connectivity index (χ1) is 6.49. The highest BCUT2D eigenvalue weighted by atomic mass is 16.6. The number of rotatable bonds is 3. The zero-order chi connectivity index (χ0) is 10.9. The Morgan fingerprint density at radius 2 is 2.21 bits per heavy atom. The Morgan fingerprint density at radius 3 is 2.50 bits per heavy atom. The predicted octanol–water partition coefficient (Wildman–Crippen LogP) is -0.749. The molecule has 0 saturated carbocycles. The first-order valence-electron chi connectivity index (χ1n) is 4.59. The summed E-state index contributed by atoms with van der Waals surface area (Å²) in [7, 11) is 0. The monoisotopic (exact) mass is 201 g/mol. The standard InChI is InChI=1S/C8H15N3O3/c1-5(2)10-3-6(11(13)14)8(9)7(10)4-12/h4-8H,3,9H2,1-2H3. The van der Waals surface area contributed by atoms with E-state index < -0.39 is 23.0 Å². The van der Waals surface area contributed by atoms with E-state index in [4.69, 9.17) is 5.73 Å². The highest BCUT2D eigenvalue weighted by molar-refractivity contribution is 5.60. The van der Waals surface area contributed by atoms with Crippen LogP contribution in [0, 0.1) is 10.1 Å². The van der Waals surface area contributed by atoms with Crippen LogP contribution >= 0.6 is 0 Å². The maximum atomic E-state index is 10.8. The molecule has 0 aromatic heterocycles. The number of carbonyl (C=O) groups excluding carboxylic acids is 1. The SMILES string of the molecule is CC(C)N1CC([N+](=O)[O-])C(N)C1C=O. The van der Waals surface area contributed by atoms with Gasteiger partial charge in [0.1, 0.15) is 6.29 Å². The number of nitro groups is 1. The van der Waals surface area contributed by atoms with Crippen molar-refractivity contribution in [3.05, 3.63) is 10.1 Å². The molecule has 0 aromatic rings. The molecule has 0 spiro atoms. The lowest BCUT2D eigenvalue weighted by Crippen LogP contribution is -2.46. The van der Waals surface area contributed by atoms with E-state index in [1.807, 2.05) is 13.8 Å². The van der Waals surface area contributed by atoms with Gasteiger partial charge in [-0.15, -0.1) is 0 Å². The maximum Gasteiger partial charge on any atom is 0.242 e. The van der Waals surface area contributed by atoms with Crippen molar-refractivity contribution in [1.29, 1.82) is 0 Å². The van der Waals surface area contributed by atoms with E-state index in [1.54, 1.807) is 4.90 Å². The van der Waals surface area contributed by atoms with Gasteiger partial charge in [0.2, 0.25) is 6.04 Å². The zero-order valence-corrected chi connectivity index (χ0v) is 8.29. The van der Waals surface area contributed by atoms with Gasteiger partial charge in [0.25, 0.3) is 0 Å². The minimum Gasteiger partial charge on any atom is -0.320 e. The van der Waals surface area contributed by atoms with Gasteiger partial charge in [-0.2, -0.15) is 0 Å². The highest BCUT2D eigenvalue weighted by Crippen LogP contribution is 2.20. The van der Waals surface area contributed by atoms with Crippen molar-refractivity contribution in [3.8, 4) is 0 Å². The van der Waals surface area contributed by atoms with Crippen LogP contribution in [-0.2, 0) is 4.79 Å². The van der Waals surface area contributed by atoms with Crippen molar-refractivity contribution >= 4 is 6.29 Å². The number of likely N-dealkylation sites (tertiary alicyclic amines) is 1. The Morgan fingerprint density at radius 1 is 1.64 bits per heavy atom. The molecule has 1 saturated heterocycles. The van der Waals surface area contributed by atoms with E-state index >= 15 is 0 Å². The highest BCUT2D eigenvalue weighted by Gasteiger charge is 2.47. The van der Waals surface area contributed by atoms with Crippen LogP contribution in [0.4, 0.5) is 0 Å². The number of nitrogens with zero attached hydrogens (tertiary/aromatic N) is 2. The Bertz CT molecular complexity index is 244. The Labute approximate surface area is 82.2 Å². The summed E-state index contributed by atoms with van der Waals surface area (Å²) in [4.78, 5) is 22.8. The van der Waals surface area contributed by atoms with Crippen LogP contribution in [0.5, 0.6) is 0 Å². The lowest BCUT2D eigenvalue weighted by Gasteiger charge is -2.24. The van der Waals surface area contributed by atoms with Gasteiger partial charge in [-0.05, 0) is 13.8 Å². The summed E-state index contributed by atoms with van der Waals surface area (Å²) < 4.78 is 0. The lowest BCUT2D eigenvalue weighted by atomic mass is 10.1. The molecule has 2 N–H and O–H groups in total. The van der Waals surface area contributed by atoms with Gasteiger partial charge in [0.15, 0.2) is 0 Å². The summed E-state index contributed by atoms with van der Waals surface area (Å²) in [5.74, 6) is 0. The number of aldehydes is 1. The second-order valence-corrected chi connectivity index (χ2v) is 3.85. The van der Waals surface area contributed by atoms with E-state index in [9.17, 15) is 14.9 Å². The molecule has 3 atom stereocenters. The molecule has 1 aliphatic rings. The third-order valence-electron chi connectivity index (χ3n) is 2.69. The molecule has 6 heteroatoms. The van der Waals surface area contributed by atoms with Crippen LogP contribution in [0.1, 0.15) is 13.8 Å². The largest absolute Gasteiger partial charge is 0.320 e. The second-order valence-electron chi connectivity index (χ2n) is 3.85. The number of hydrogen-bond donors (Lipinski definition) is 1. The quantitative estimate of drug-likeness (QED) is 0.368. The molecule has 0 bridgehead atoms. The lowest BCUT2D eigenvalue weighted by molar-refractivity contribution is -0.520. The van der Waals surface area contributed by atoms with Crippen LogP contribution in [0.2, 0.25) is 0 Å². The molecule has 14 heavy (non-hydrogen) atoms. The van der Waals surface area contributed by atoms with Crippen molar-refractivity contribution in [3.63, 3.8) is 0 Å². The van der Waals surface area contributed by atoms with Gasteiger partial charge in [-0.3, -0.25) is 15.0 Å². The number of carbonyl (C=O) groups is 1. The van der Waals surface area contributed by atoms with Crippen LogP contribution < -0.4 is 5.73 Å². The fourth-order valence-electron chi connectivity index (χ4n) is 1.84. The summed E-state index contributed by atoms with van der Waals surface area (Å²) in [6, 6.07) is -1.94. The second kappa shape index (κ2) is 4.02. The van der Waals surface area contributed by atoms with Gasteiger partial charge < -0.3 is 10.5 Å². The Balaban J connectivity index is 2.83. The maximum absolute atomic E-state index is 10.8. The van der Waals surface area contributed by atoms with E-state index in [0.29, 0.717) is 6.29 Å². The Kier molecular flexibility index (Phi) is 3.17. The average molecular weight is 201 g/mol. The fraction of sp³-hybridized carbons (Fsp3) is 0.875.